The zero-order valence-corrected chi connectivity index (χ0v) is 14.8. The number of benzene rings is 2. The van der Waals surface area contributed by atoms with Crippen LogP contribution in [0.5, 0.6) is 0 Å². The van der Waals surface area contributed by atoms with E-state index in [1.54, 1.807) is 0 Å². The van der Waals surface area contributed by atoms with Gasteiger partial charge in [0.1, 0.15) is 0 Å². The fourth-order valence-electron chi connectivity index (χ4n) is 3.77. The maximum Gasteiger partial charge on any atom is 0.0629 e. The highest BCUT2D eigenvalue weighted by molar-refractivity contribution is 6.34. The molecule has 25 heavy (non-hydrogen) atoms. The second-order valence-corrected chi connectivity index (χ2v) is 7.06. The predicted octanol–water partition coefficient (Wildman–Crippen LogP) is 6.31. The fraction of sp³-hybridized carbons (Fsp3) is 0.227. The zero-order valence-electron chi connectivity index (χ0n) is 14.0. The van der Waals surface area contributed by atoms with Crippen LogP contribution in [0.15, 0.2) is 88.0 Å². The summed E-state index contributed by atoms with van der Waals surface area (Å²) in [6.45, 7) is 0. The van der Waals surface area contributed by atoms with Gasteiger partial charge in [-0.1, -0.05) is 48.0 Å². The van der Waals surface area contributed by atoms with Gasteiger partial charge in [-0.15, -0.1) is 0 Å². The Kier molecular flexibility index (Phi) is 4.71. The average molecular weight is 349 g/mol. The molecular formula is C22H21ClN2. The maximum atomic E-state index is 6.79. The van der Waals surface area contributed by atoms with Gasteiger partial charge in [0.15, 0.2) is 0 Å². The Labute approximate surface area is 153 Å². The van der Waals surface area contributed by atoms with Crippen LogP contribution in [0.2, 0.25) is 0 Å². The first-order valence-electron chi connectivity index (χ1n) is 8.82. The van der Waals surface area contributed by atoms with Crippen molar-refractivity contribution >= 4 is 29.2 Å². The van der Waals surface area contributed by atoms with Crippen LogP contribution in [0.3, 0.4) is 0 Å². The summed E-state index contributed by atoms with van der Waals surface area (Å²) in [6.07, 6.45) is 7.63. The molecule has 0 heterocycles. The Morgan fingerprint density at radius 1 is 0.920 bits per heavy atom. The second kappa shape index (κ2) is 7.28. The summed E-state index contributed by atoms with van der Waals surface area (Å²) < 4.78 is 0. The van der Waals surface area contributed by atoms with Crippen molar-refractivity contribution in [2.45, 2.75) is 19.3 Å². The summed E-state index contributed by atoms with van der Waals surface area (Å²) in [6, 6.07) is 20.2. The lowest BCUT2D eigenvalue weighted by molar-refractivity contribution is 0.587. The predicted molar refractivity (Wildman–Crippen MR) is 106 cm³/mol. The van der Waals surface area contributed by atoms with E-state index in [0.29, 0.717) is 11.8 Å². The number of halogens is 1. The van der Waals surface area contributed by atoms with Crippen molar-refractivity contribution in [2.75, 3.05) is 5.32 Å². The third-order valence-corrected chi connectivity index (χ3v) is 5.53. The van der Waals surface area contributed by atoms with Crippen molar-refractivity contribution < 1.29 is 0 Å². The molecule has 0 spiro atoms. The highest BCUT2D eigenvalue weighted by Crippen LogP contribution is 2.49. The van der Waals surface area contributed by atoms with Gasteiger partial charge in [0, 0.05) is 18.1 Å². The van der Waals surface area contributed by atoms with Crippen molar-refractivity contribution in [3.63, 3.8) is 0 Å². The van der Waals surface area contributed by atoms with Gasteiger partial charge in [-0.2, -0.15) is 0 Å². The van der Waals surface area contributed by atoms with Gasteiger partial charge >= 0.3 is 0 Å². The van der Waals surface area contributed by atoms with Crippen LogP contribution in [0.4, 0.5) is 11.4 Å². The van der Waals surface area contributed by atoms with E-state index < -0.39 is 0 Å². The fourth-order valence-corrected chi connectivity index (χ4v) is 4.18. The summed E-state index contributed by atoms with van der Waals surface area (Å²) in [5, 5.41) is 4.27. The normalized spacial score (nSPS) is 24.3. The van der Waals surface area contributed by atoms with E-state index in [9.17, 15) is 0 Å². The van der Waals surface area contributed by atoms with Crippen LogP contribution >= 0.6 is 11.6 Å². The van der Waals surface area contributed by atoms with Gasteiger partial charge in [-0.25, -0.2) is 0 Å². The number of para-hydroxylation sites is 2. The standard InChI is InChI=1S/C22H21ClN2/c23-22-20(14-24-18-7-3-1-4-8-18)16-11-12-17(13-16)21(22)15-25-19-9-5-2-6-10-19/h1-10,14-17,24H,11-13H2/b20-14+,25-15?. The van der Waals surface area contributed by atoms with Gasteiger partial charge in [-0.05, 0) is 66.5 Å². The van der Waals surface area contributed by atoms with Crippen LogP contribution < -0.4 is 5.32 Å². The molecule has 4 rings (SSSR count). The van der Waals surface area contributed by atoms with Gasteiger partial charge in [-0.3, -0.25) is 4.99 Å². The first kappa shape index (κ1) is 16.2. The molecule has 3 heteroatoms. The number of nitrogens with one attached hydrogen (secondary N) is 1. The minimum atomic E-state index is 0.541. The largest absolute Gasteiger partial charge is 0.361 e. The lowest BCUT2D eigenvalue weighted by Crippen LogP contribution is -2.14. The number of rotatable bonds is 4. The van der Waals surface area contributed by atoms with Gasteiger partial charge < -0.3 is 5.32 Å². The van der Waals surface area contributed by atoms with Gasteiger partial charge in [0.2, 0.25) is 0 Å². The molecule has 2 aromatic carbocycles. The molecule has 2 aliphatic rings. The molecule has 0 aromatic heterocycles. The minimum Gasteiger partial charge on any atom is -0.361 e. The number of nitrogens with zero attached hydrogens (tertiary/aromatic N) is 1. The molecule has 2 aromatic rings. The van der Waals surface area contributed by atoms with Crippen LogP contribution in [0.25, 0.3) is 0 Å². The van der Waals surface area contributed by atoms with Crippen molar-refractivity contribution in [1.29, 1.82) is 0 Å². The Morgan fingerprint density at radius 2 is 1.60 bits per heavy atom. The molecule has 2 unspecified atom stereocenters. The molecule has 126 valence electrons. The number of anilines is 1. The quantitative estimate of drug-likeness (QED) is 0.643. The van der Waals surface area contributed by atoms with E-state index >= 15 is 0 Å². The maximum absolute atomic E-state index is 6.79. The molecular weight excluding hydrogens is 328 g/mol. The summed E-state index contributed by atoms with van der Waals surface area (Å²) in [5.74, 6) is 1.10. The molecule has 0 aliphatic heterocycles. The van der Waals surface area contributed by atoms with Crippen molar-refractivity contribution in [3.8, 4) is 0 Å². The lowest BCUT2D eigenvalue weighted by Gasteiger charge is -2.24. The Hall–Kier alpha value is -2.32. The van der Waals surface area contributed by atoms with Gasteiger partial charge in [0.05, 0.1) is 10.7 Å². The van der Waals surface area contributed by atoms with Crippen LogP contribution in [-0.4, -0.2) is 6.21 Å². The van der Waals surface area contributed by atoms with Gasteiger partial charge in [0.25, 0.3) is 0 Å². The Morgan fingerprint density at radius 3 is 2.36 bits per heavy atom. The zero-order chi connectivity index (χ0) is 17.1. The summed E-state index contributed by atoms with van der Waals surface area (Å²) in [4.78, 5) is 4.63. The van der Waals surface area contributed by atoms with Crippen LogP contribution in [-0.2, 0) is 0 Å². The molecule has 0 saturated heterocycles. The second-order valence-electron chi connectivity index (χ2n) is 6.68. The van der Waals surface area contributed by atoms with Crippen molar-refractivity contribution in [3.05, 3.63) is 83.0 Å². The molecule has 2 bridgehead atoms. The number of fused-ring (bicyclic) bond motifs is 2. The Balaban J connectivity index is 1.62. The monoisotopic (exact) mass is 348 g/mol. The summed E-state index contributed by atoms with van der Waals surface area (Å²) >= 11 is 6.79. The summed E-state index contributed by atoms with van der Waals surface area (Å²) in [7, 11) is 0. The molecule has 2 atom stereocenters. The van der Waals surface area contributed by atoms with E-state index in [0.717, 1.165) is 16.4 Å². The third kappa shape index (κ3) is 3.54. The molecule has 1 N–H and O–H groups in total. The molecule has 2 nitrogen and oxygen atoms in total. The number of hydrogen-bond donors (Lipinski definition) is 1. The molecule has 0 amide bonds. The first-order valence-corrected chi connectivity index (χ1v) is 9.20. The number of aliphatic imine (C=N–C) groups is 1. The smallest absolute Gasteiger partial charge is 0.0629 e. The number of allylic oxidation sites excluding steroid dienone is 3. The van der Waals surface area contributed by atoms with E-state index in [1.807, 2.05) is 54.7 Å². The number of hydrogen-bond acceptors (Lipinski definition) is 2. The highest BCUT2D eigenvalue weighted by atomic mass is 35.5. The molecule has 1 fully saturated rings. The van der Waals surface area contributed by atoms with Crippen molar-refractivity contribution in [2.24, 2.45) is 16.8 Å². The SMILES string of the molecule is ClC1=C(C=Nc2ccccc2)C2CCC(C2)/C1=C\Nc1ccccc1. The third-order valence-electron chi connectivity index (χ3n) is 5.10. The summed E-state index contributed by atoms with van der Waals surface area (Å²) in [5.41, 5.74) is 4.45. The average Bonchev–Trinajstić information content (AvgIpc) is 3.09. The van der Waals surface area contributed by atoms with Crippen molar-refractivity contribution in [1.82, 2.24) is 0 Å². The Bertz CT molecular complexity index is 822. The van der Waals surface area contributed by atoms with E-state index in [4.69, 9.17) is 11.6 Å². The van der Waals surface area contributed by atoms with E-state index in [-0.39, 0.29) is 0 Å². The van der Waals surface area contributed by atoms with Crippen LogP contribution in [0.1, 0.15) is 19.3 Å². The topological polar surface area (TPSA) is 24.4 Å². The highest BCUT2D eigenvalue weighted by Gasteiger charge is 2.36. The van der Waals surface area contributed by atoms with E-state index in [1.165, 1.54) is 30.4 Å². The lowest BCUT2D eigenvalue weighted by atomic mass is 9.85. The molecule has 2 aliphatic carbocycles. The minimum absolute atomic E-state index is 0.541. The van der Waals surface area contributed by atoms with Crippen LogP contribution in [0, 0.1) is 11.8 Å². The van der Waals surface area contributed by atoms with E-state index in [2.05, 4.69) is 28.6 Å². The molecule has 1 saturated carbocycles. The first-order chi connectivity index (χ1) is 12.3. The molecule has 0 radical (unpaired) electrons.